The van der Waals surface area contributed by atoms with Gasteiger partial charge in [0.25, 0.3) is 0 Å². The number of hydrogen-bond donors (Lipinski definition) is 2. The van der Waals surface area contributed by atoms with Gasteiger partial charge in [-0.15, -0.1) is 0 Å². The van der Waals surface area contributed by atoms with Gasteiger partial charge in [0.2, 0.25) is 0 Å². The monoisotopic (exact) mass is 294 g/mol. The second-order valence-corrected chi connectivity index (χ2v) is 5.77. The molecule has 4 heteroatoms. The number of aliphatic hydroxyl groups is 2. The summed E-state index contributed by atoms with van der Waals surface area (Å²) in [6, 6.07) is 0. The van der Waals surface area contributed by atoms with Crippen LogP contribution >= 0.6 is 0 Å². The summed E-state index contributed by atoms with van der Waals surface area (Å²) in [4.78, 5) is 24.6. The molecule has 0 bridgehead atoms. The van der Waals surface area contributed by atoms with Gasteiger partial charge in [0.05, 0.1) is 5.41 Å². The lowest BCUT2D eigenvalue weighted by atomic mass is 9.66. The summed E-state index contributed by atoms with van der Waals surface area (Å²) in [6.45, 7) is 7.11. The number of carbonyl (C=O) groups is 2. The molecule has 2 N–H and O–H groups in total. The summed E-state index contributed by atoms with van der Waals surface area (Å²) < 4.78 is 0. The Bertz CT molecular complexity index is 491. The number of rotatable bonds is 7. The predicted octanol–water partition coefficient (Wildman–Crippen LogP) is 4.17. The summed E-state index contributed by atoms with van der Waals surface area (Å²) in [6.07, 6.45) is 3.60. The smallest absolute Gasteiger partial charge is 0.183 e. The molecule has 4 nitrogen and oxygen atoms in total. The van der Waals surface area contributed by atoms with Crippen molar-refractivity contribution < 1.29 is 19.8 Å². The van der Waals surface area contributed by atoms with Gasteiger partial charge in [0.1, 0.15) is 17.1 Å². The zero-order chi connectivity index (χ0) is 16.2. The van der Waals surface area contributed by atoms with E-state index in [0.29, 0.717) is 24.8 Å². The Kier molecular flexibility index (Phi) is 5.76. The van der Waals surface area contributed by atoms with E-state index in [9.17, 15) is 19.8 Å². The third kappa shape index (κ3) is 2.89. The van der Waals surface area contributed by atoms with Crippen LogP contribution in [0.1, 0.15) is 66.2 Å². The Balaban J connectivity index is 3.59. The standard InChI is InChI=1S/C17H26O4/c1-5-8-12-14(19)13(11(4)18)16(21)17(9-6-2,10-7-3)15(12)20/h19-20H,5-10H2,1-4H3. The van der Waals surface area contributed by atoms with E-state index in [0.717, 1.165) is 19.3 Å². The topological polar surface area (TPSA) is 74.6 Å². The fourth-order valence-corrected chi connectivity index (χ4v) is 3.26. The van der Waals surface area contributed by atoms with E-state index >= 15 is 0 Å². The van der Waals surface area contributed by atoms with Crippen LogP contribution in [0.2, 0.25) is 0 Å². The van der Waals surface area contributed by atoms with Crippen molar-refractivity contribution in [2.24, 2.45) is 5.41 Å². The highest BCUT2D eigenvalue weighted by Crippen LogP contribution is 2.46. The van der Waals surface area contributed by atoms with Crippen LogP contribution in [0.4, 0.5) is 0 Å². The first-order valence-electron chi connectivity index (χ1n) is 7.79. The molecule has 118 valence electrons. The molecular weight excluding hydrogens is 268 g/mol. The van der Waals surface area contributed by atoms with Crippen LogP contribution in [-0.2, 0) is 9.59 Å². The number of aliphatic hydroxyl groups excluding tert-OH is 2. The number of hydrogen-bond acceptors (Lipinski definition) is 4. The first kappa shape index (κ1) is 17.5. The fourth-order valence-electron chi connectivity index (χ4n) is 3.26. The van der Waals surface area contributed by atoms with Crippen LogP contribution < -0.4 is 0 Å². The Morgan fingerprint density at radius 2 is 1.57 bits per heavy atom. The first-order chi connectivity index (χ1) is 9.87. The van der Waals surface area contributed by atoms with Crippen molar-refractivity contribution in [1.82, 2.24) is 0 Å². The van der Waals surface area contributed by atoms with Gasteiger partial charge >= 0.3 is 0 Å². The Morgan fingerprint density at radius 1 is 1.05 bits per heavy atom. The van der Waals surface area contributed by atoms with Gasteiger partial charge in [-0.25, -0.2) is 0 Å². The summed E-state index contributed by atoms with van der Waals surface area (Å²) in [5.41, 5.74) is -0.816. The minimum absolute atomic E-state index is 0.0273. The highest BCUT2D eigenvalue weighted by molar-refractivity contribution is 6.23. The molecule has 0 fully saturated rings. The molecule has 0 amide bonds. The molecule has 0 aromatic heterocycles. The van der Waals surface area contributed by atoms with Gasteiger partial charge in [0, 0.05) is 5.57 Å². The maximum absolute atomic E-state index is 12.8. The molecule has 0 aromatic carbocycles. The lowest BCUT2D eigenvalue weighted by molar-refractivity contribution is -0.128. The van der Waals surface area contributed by atoms with Crippen LogP contribution in [0, 0.1) is 5.41 Å². The Morgan fingerprint density at radius 3 is 1.95 bits per heavy atom. The van der Waals surface area contributed by atoms with Gasteiger partial charge < -0.3 is 10.2 Å². The lowest BCUT2D eigenvalue weighted by Gasteiger charge is -2.36. The van der Waals surface area contributed by atoms with Crippen molar-refractivity contribution in [2.45, 2.75) is 66.2 Å². The predicted molar refractivity (Wildman–Crippen MR) is 82.2 cm³/mol. The lowest BCUT2D eigenvalue weighted by Crippen LogP contribution is -2.40. The molecule has 21 heavy (non-hydrogen) atoms. The number of allylic oxidation sites excluding steroid dienone is 3. The molecule has 0 unspecified atom stereocenters. The maximum Gasteiger partial charge on any atom is 0.183 e. The fraction of sp³-hybridized carbons (Fsp3) is 0.647. The van der Waals surface area contributed by atoms with Crippen LogP contribution in [0.25, 0.3) is 0 Å². The van der Waals surface area contributed by atoms with E-state index in [2.05, 4.69) is 0 Å². The van der Waals surface area contributed by atoms with Crippen molar-refractivity contribution in [1.29, 1.82) is 0 Å². The number of Topliss-reactive ketones (excluding diaryl/α,β-unsaturated/α-hetero) is 2. The minimum atomic E-state index is -1.04. The summed E-state index contributed by atoms with van der Waals surface area (Å²) in [5, 5.41) is 20.9. The molecule has 1 aliphatic carbocycles. The molecule has 0 saturated heterocycles. The molecule has 0 spiro atoms. The van der Waals surface area contributed by atoms with Gasteiger partial charge in [-0.3, -0.25) is 9.59 Å². The van der Waals surface area contributed by atoms with Crippen molar-refractivity contribution in [2.75, 3.05) is 0 Å². The summed E-state index contributed by atoms with van der Waals surface area (Å²) in [7, 11) is 0. The second kappa shape index (κ2) is 6.92. The quantitative estimate of drug-likeness (QED) is 0.691. The van der Waals surface area contributed by atoms with Crippen molar-refractivity contribution >= 4 is 11.6 Å². The van der Waals surface area contributed by atoms with Crippen LogP contribution in [-0.4, -0.2) is 21.8 Å². The number of ketones is 2. The molecule has 1 rings (SSSR count). The van der Waals surface area contributed by atoms with Crippen molar-refractivity contribution in [3.63, 3.8) is 0 Å². The molecule has 0 radical (unpaired) electrons. The first-order valence-corrected chi connectivity index (χ1v) is 7.79. The average molecular weight is 294 g/mol. The minimum Gasteiger partial charge on any atom is -0.511 e. The van der Waals surface area contributed by atoms with E-state index in [4.69, 9.17) is 0 Å². The zero-order valence-electron chi connectivity index (χ0n) is 13.5. The highest BCUT2D eigenvalue weighted by atomic mass is 16.3. The largest absolute Gasteiger partial charge is 0.511 e. The molecular formula is C17H26O4. The van der Waals surface area contributed by atoms with E-state index in [1.165, 1.54) is 6.92 Å². The van der Waals surface area contributed by atoms with E-state index in [1.54, 1.807) is 0 Å². The van der Waals surface area contributed by atoms with Crippen LogP contribution in [0.15, 0.2) is 22.7 Å². The summed E-state index contributed by atoms with van der Waals surface area (Å²) in [5.74, 6) is -1.21. The normalized spacial score (nSPS) is 18.4. The number of carbonyl (C=O) groups excluding carboxylic acids is 2. The third-order valence-corrected chi connectivity index (χ3v) is 4.13. The molecule has 0 atom stereocenters. The average Bonchev–Trinajstić information content (AvgIpc) is 2.41. The van der Waals surface area contributed by atoms with E-state index < -0.39 is 17.0 Å². The van der Waals surface area contributed by atoms with Crippen molar-refractivity contribution in [3.05, 3.63) is 22.7 Å². The zero-order valence-corrected chi connectivity index (χ0v) is 13.5. The Hall–Kier alpha value is -1.58. The third-order valence-electron chi connectivity index (χ3n) is 4.13. The summed E-state index contributed by atoms with van der Waals surface area (Å²) >= 11 is 0. The Labute approximate surface area is 126 Å². The second-order valence-electron chi connectivity index (χ2n) is 5.77. The molecule has 0 aliphatic heterocycles. The van der Waals surface area contributed by atoms with Gasteiger partial charge in [-0.2, -0.15) is 0 Å². The SMILES string of the molecule is CCCC1=C(O)C(CCC)(CCC)C(=O)C(C(C)=O)=C1O. The molecule has 1 aliphatic rings. The van der Waals surface area contributed by atoms with Gasteiger partial charge in [0.15, 0.2) is 11.6 Å². The van der Waals surface area contributed by atoms with Gasteiger partial charge in [-0.1, -0.05) is 40.0 Å². The molecule has 0 saturated carbocycles. The van der Waals surface area contributed by atoms with Crippen LogP contribution in [0.3, 0.4) is 0 Å². The van der Waals surface area contributed by atoms with Crippen molar-refractivity contribution in [3.8, 4) is 0 Å². The highest BCUT2D eigenvalue weighted by Gasteiger charge is 2.49. The molecule has 0 aromatic rings. The van der Waals surface area contributed by atoms with Crippen LogP contribution in [0.5, 0.6) is 0 Å². The maximum atomic E-state index is 12.8. The van der Waals surface area contributed by atoms with Gasteiger partial charge in [-0.05, 0) is 26.2 Å². The molecule has 0 heterocycles. The van der Waals surface area contributed by atoms with E-state index in [-0.39, 0.29) is 17.1 Å². The van der Waals surface area contributed by atoms with E-state index in [1.807, 2.05) is 20.8 Å².